The molecule has 142 valence electrons. The highest BCUT2D eigenvalue weighted by Crippen LogP contribution is 2.54. The molecule has 1 N–H and O–H groups in total. The molecule has 2 fully saturated rings. The van der Waals surface area contributed by atoms with Crippen LogP contribution in [-0.2, 0) is 5.41 Å². The fraction of sp³-hybridized carbons (Fsp3) is 0.409. The molecule has 0 radical (unpaired) electrons. The summed E-state index contributed by atoms with van der Waals surface area (Å²) in [6.07, 6.45) is 6.33. The van der Waals surface area contributed by atoms with Gasteiger partial charge >= 0.3 is 0 Å². The maximum atomic E-state index is 15.4. The van der Waals surface area contributed by atoms with Gasteiger partial charge in [-0.15, -0.1) is 0 Å². The van der Waals surface area contributed by atoms with E-state index >= 15 is 4.39 Å². The Morgan fingerprint density at radius 2 is 2.21 bits per heavy atom. The third kappa shape index (κ3) is 2.57. The number of fused-ring (bicyclic) bond motifs is 2. The molecule has 1 aromatic heterocycles. The van der Waals surface area contributed by atoms with Gasteiger partial charge in [-0.1, -0.05) is 12.1 Å². The summed E-state index contributed by atoms with van der Waals surface area (Å²) in [5.74, 6) is -0.0496. The van der Waals surface area contributed by atoms with Crippen LogP contribution in [0.5, 0.6) is 0 Å². The summed E-state index contributed by atoms with van der Waals surface area (Å²) >= 11 is 0. The van der Waals surface area contributed by atoms with Gasteiger partial charge in [-0.3, -0.25) is 4.79 Å². The Morgan fingerprint density at radius 3 is 3.00 bits per heavy atom. The first-order chi connectivity index (χ1) is 13.6. The maximum absolute atomic E-state index is 15.4. The van der Waals surface area contributed by atoms with E-state index in [2.05, 4.69) is 16.4 Å². The molecule has 2 aromatic rings. The van der Waals surface area contributed by atoms with Crippen molar-refractivity contribution in [3.8, 4) is 17.2 Å². The van der Waals surface area contributed by atoms with Crippen LogP contribution in [0.1, 0.15) is 48.0 Å². The lowest BCUT2D eigenvalue weighted by molar-refractivity contribution is 0.0666. The second kappa shape index (κ2) is 6.30. The normalized spacial score (nSPS) is 21.7. The van der Waals surface area contributed by atoms with Gasteiger partial charge in [-0.25, -0.2) is 9.37 Å². The fourth-order valence-corrected chi connectivity index (χ4v) is 4.49. The van der Waals surface area contributed by atoms with Gasteiger partial charge in [0.2, 0.25) is 0 Å². The molecule has 1 spiro atoms. The largest absolute Gasteiger partial charge is 0.369 e. The van der Waals surface area contributed by atoms with Gasteiger partial charge in [0.1, 0.15) is 17.7 Å². The number of pyridine rings is 1. The Morgan fingerprint density at radius 1 is 1.36 bits per heavy atom. The van der Waals surface area contributed by atoms with Crippen LogP contribution in [-0.4, -0.2) is 34.9 Å². The number of benzene rings is 1. The van der Waals surface area contributed by atoms with Crippen molar-refractivity contribution >= 4 is 11.7 Å². The van der Waals surface area contributed by atoms with Crippen LogP contribution in [0, 0.1) is 17.1 Å². The van der Waals surface area contributed by atoms with Crippen LogP contribution in [0.3, 0.4) is 0 Å². The lowest BCUT2D eigenvalue weighted by atomic mass is 9.95. The Balaban J connectivity index is 1.52. The van der Waals surface area contributed by atoms with Crippen molar-refractivity contribution in [2.24, 2.45) is 0 Å². The van der Waals surface area contributed by atoms with E-state index in [0.717, 1.165) is 43.6 Å². The number of carbonyl (C=O) groups is 1. The molecule has 1 saturated heterocycles. The van der Waals surface area contributed by atoms with E-state index in [-0.39, 0.29) is 11.0 Å². The Bertz CT molecular complexity index is 1010. The fourth-order valence-electron chi connectivity index (χ4n) is 4.49. The van der Waals surface area contributed by atoms with E-state index in [4.69, 9.17) is 0 Å². The molecule has 6 heteroatoms. The number of nitriles is 1. The second-order valence-corrected chi connectivity index (χ2v) is 8.06. The zero-order chi connectivity index (χ0) is 19.3. The SMILES string of the molecule is N#CC1CCCCN1C(=O)c1cccc(-c2cnc3c(c2)C2(CC2)CN3)c1F. The maximum Gasteiger partial charge on any atom is 0.257 e. The van der Waals surface area contributed by atoms with Gasteiger partial charge < -0.3 is 10.2 Å². The van der Waals surface area contributed by atoms with E-state index in [1.54, 1.807) is 18.3 Å². The van der Waals surface area contributed by atoms with Crippen molar-refractivity contribution in [2.45, 2.75) is 43.6 Å². The quantitative estimate of drug-likeness (QED) is 0.864. The molecule has 5 rings (SSSR count). The predicted octanol–water partition coefficient (Wildman–Crippen LogP) is 3.86. The van der Waals surface area contributed by atoms with E-state index in [1.165, 1.54) is 11.0 Å². The van der Waals surface area contributed by atoms with Crippen LogP contribution in [0.4, 0.5) is 10.2 Å². The van der Waals surface area contributed by atoms with E-state index in [1.807, 2.05) is 6.07 Å². The van der Waals surface area contributed by atoms with Crippen LogP contribution in [0.25, 0.3) is 11.1 Å². The molecule has 0 bridgehead atoms. The van der Waals surface area contributed by atoms with Gasteiger partial charge in [-0.05, 0) is 44.2 Å². The highest BCUT2D eigenvalue weighted by atomic mass is 19.1. The Hall–Kier alpha value is -2.94. The topological polar surface area (TPSA) is 69.0 Å². The summed E-state index contributed by atoms with van der Waals surface area (Å²) in [6.45, 7) is 1.39. The minimum absolute atomic E-state index is 0.0272. The van der Waals surface area contributed by atoms with E-state index < -0.39 is 17.8 Å². The first kappa shape index (κ1) is 17.2. The Labute approximate surface area is 163 Å². The molecule has 1 atom stereocenters. The van der Waals surface area contributed by atoms with Gasteiger partial charge in [0.25, 0.3) is 5.91 Å². The number of amides is 1. The minimum atomic E-state index is -0.535. The molecule has 1 unspecified atom stereocenters. The summed E-state index contributed by atoms with van der Waals surface area (Å²) < 4.78 is 15.4. The summed E-state index contributed by atoms with van der Waals surface area (Å²) in [5.41, 5.74) is 2.42. The number of nitrogens with zero attached hydrogens (tertiary/aromatic N) is 3. The molecule has 1 aliphatic carbocycles. The number of hydrogen-bond donors (Lipinski definition) is 1. The predicted molar refractivity (Wildman–Crippen MR) is 103 cm³/mol. The monoisotopic (exact) mass is 376 g/mol. The summed E-state index contributed by atoms with van der Waals surface area (Å²) in [6, 6.07) is 8.62. The summed E-state index contributed by atoms with van der Waals surface area (Å²) in [5, 5.41) is 12.7. The Kier molecular flexibility index (Phi) is 3.87. The molecule has 28 heavy (non-hydrogen) atoms. The standard InChI is InChI=1S/C22H21FN4O/c23-19-16(14-10-18-20(25-12-14)26-13-22(18)7-8-22)5-3-6-17(19)21(28)27-9-2-1-4-15(27)11-24/h3,5-6,10,12,15H,1-2,4,7-9,13H2,(H,25,26). The average molecular weight is 376 g/mol. The molecule has 5 nitrogen and oxygen atoms in total. The van der Waals surface area contributed by atoms with Gasteiger partial charge in [0, 0.05) is 41.4 Å². The third-order valence-electron chi connectivity index (χ3n) is 6.36. The minimum Gasteiger partial charge on any atom is -0.369 e. The van der Waals surface area contributed by atoms with Gasteiger partial charge in [-0.2, -0.15) is 5.26 Å². The van der Waals surface area contributed by atoms with Crippen molar-refractivity contribution < 1.29 is 9.18 Å². The first-order valence-corrected chi connectivity index (χ1v) is 9.87. The smallest absolute Gasteiger partial charge is 0.257 e. The van der Waals surface area contributed by atoms with Crippen molar-refractivity contribution in [1.82, 2.24) is 9.88 Å². The van der Waals surface area contributed by atoms with Crippen molar-refractivity contribution in [3.63, 3.8) is 0 Å². The van der Waals surface area contributed by atoms with E-state index in [0.29, 0.717) is 24.1 Å². The molecule has 3 aliphatic rings. The molecule has 1 amide bonds. The average Bonchev–Trinajstić information content (AvgIpc) is 3.44. The number of anilines is 1. The molecule has 1 aromatic carbocycles. The first-order valence-electron chi connectivity index (χ1n) is 9.87. The lowest BCUT2D eigenvalue weighted by Gasteiger charge is -2.31. The number of piperidine rings is 1. The molecular formula is C22H21FN4O. The van der Waals surface area contributed by atoms with Crippen LogP contribution >= 0.6 is 0 Å². The van der Waals surface area contributed by atoms with Crippen molar-refractivity contribution in [2.75, 3.05) is 18.4 Å². The van der Waals surface area contributed by atoms with Crippen molar-refractivity contribution in [1.29, 1.82) is 5.26 Å². The second-order valence-electron chi connectivity index (χ2n) is 8.06. The van der Waals surface area contributed by atoms with Crippen LogP contribution in [0.2, 0.25) is 0 Å². The zero-order valence-electron chi connectivity index (χ0n) is 15.5. The number of aromatic nitrogens is 1. The number of carbonyl (C=O) groups excluding carboxylic acids is 1. The number of likely N-dealkylation sites (tertiary alicyclic amines) is 1. The highest BCUT2D eigenvalue weighted by Gasteiger charge is 2.49. The van der Waals surface area contributed by atoms with Gasteiger partial charge in [0.15, 0.2) is 0 Å². The third-order valence-corrected chi connectivity index (χ3v) is 6.36. The molecule has 1 saturated carbocycles. The zero-order valence-corrected chi connectivity index (χ0v) is 15.5. The molecular weight excluding hydrogens is 355 g/mol. The molecule has 3 heterocycles. The van der Waals surface area contributed by atoms with Crippen LogP contribution < -0.4 is 5.32 Å². The summed E-state index contributed by atoms with van der Waals surface area (Å²) in [7, 11) is 0. The number of hydrogen-bond acceptors (Lipinski definition) is 4. The van der Waals surface area contributed by atoms with Gasteiger partial charge in [0.05, 0.1) is 11.6 Å². The van der Waals surface area contributed by atoms with Crippen molar-refractivity contribution in [3.05, 3.63) is 47.4 Å². The lowest BCUT2D eigenvalue weighted by Crippen LogP contribution is -2.43. The number of rotatable bonds is 2. The number of halogens is 1. The highest BCUT2D eigenvalue weighted by molar-refractivity contribution is 5.96. The summed E-state index contributed by atoms with van der Waals surface area (Å²) in [4.78, 5) is 19.0. The molecule has 2 aliphatic heterocycles. The van der Waals surface area contributed by atoms with Crippen LogP contribution in [0.15, 0.2) is 30.5 Å². The number of nitrogens with one attached hydrogen (secondary N) is 1. The van der Waals surface area contributed by atoms with E-state index in [9.17, 15) is 10.1 Å².